The fourth-order valence-electron chi connectivity index (χ4n) is 3.19. The first-order chi connectivity index (χ1) is 15.3. The van der Waals surface area contributed by atoms with Crippen molar-refractivity contribution in [2.24, 2.45) is 0 Å². The molecule has 0 saturated carbocycles. The molecule has 1 aromatic heterocycles. The summed E-state index contributed by atoms with van der Waals surface area (Å²) in [7, 11) is -3.36. The monoisotopic (exact) mass is 462 g/mol. The highest BCUT2D eigenvalue weighted by molar-refractivity contribution is 7.62. The van der Waals surface area contributed by atoms with Crippen molar-refractivity contribution in [2.45, 2.75) is 26.9 Å². The Kier molecular flexibility index (Phi) is 7.37. The van der Waals surface area contributed by atoms with E-state index >= 15 is 0 Å². The molecule has 0 bridgehead atoms. The van der Waals surface area contributed by atoms with Gasteiger partial charge in [0.05, 0.1) is 34.5 Å². The van der Waals surface area contributed by atoms with Gasteiger partial charge in [0.1, 0.15) is 0 Å². The number of nitrogens with zero attached hydrogens (tertiary/aromatic N) is 1. The van der Waals surface area contributed by atoms with Crippen LogP contribution < -0.4 is 21.7 Å². The molecule has 12 heteroatoms. The van der Waals surface area contributed by atoms with Crippen molar-refractivity contribution in [3.05, 3.63) is 78.3 Å². The molecule has 3 N–H and O–H groups in total. The first-order valence-electron chi connectivity index (χ1n) is 9.90. The summed E-state index contributed by atoms with van der Waals surface area (Å²) in [5.41, 5.74) is -0.111. The molecule has 2 aromatic carbocycles. The molecule has 170 valence electrons. The minimum absolute atomic E-state index is 0.174. The summed E-state index contributed by atoms with van der Waals surface area (Å²) in [6.07, 6.45) is 0. The van der Waals surface area contributed by atoms with Gasteiger partial charge in [-0.15, -0.1) is 0 Å². The lowest BCUT2D eigenvalue weighted by Crippen LogP contribution is -2.29. The van der Waals surface area contributed by atoms with E-state index < -0.39 is 23.6 Å². The molecule has 0 aliphatic rings. The number of hydrogen-bond acceptors (Lipinski definition) is 8. The Labute approximate surface area is 182 Å². The van der Waals surface area contributed by atoms with Crippen LogP contribution in [0, 0.1) is 10.1 Å². The molecule has 3 rings (SSSR count). The third kappa shape index (κ3) is 5.20. The lowest BCUT2D eigenvalue weighted by molar-refractivity contribution is -0.384. The number of aromatic nitrogens is 2. The van der Waals surface area contributed by atoms with Crippen LogP contribution in [-0.2, 0) is 26.7 Å². The van der Waals surface area contributed by atoms with Crippen molar-refractivity contribution in [3.8, 4) is 0 Å². The van der Waals surface area contributed by atoms with E-state index in [1.807, 2.05) is 0 Å². The summed E-state index contributed by atoms with van der Waals surface area (Å²) in [6.45, 7) is 4.58. The van der Waals surface area contributed by atoms with Crippen LogP contribution in [0.1, 0.15) is 25.0 Å². The van der Waals surface area contributed by atoms with Gasteiger partial charge in [-0.25, -0.2) is 0 Å². The van der Waals surface area contributed by atoms with Crippen LogP contribution in [0.5, 0.6) is 0 Å². The van der Waals surface area contributed by atoms with Crippen molar-refractivity contribution >= 4 is 29.6 Å². The van der Waals surface area contributed by atoms with Gasteiger partial charge >= 0.3 is 18.7 Å². The third-order valence-corrected chi connectivity index (χ3v) is 6.73. The normalized spacial score (nSPS) is 11.7. The van der Waals surface area contributed by atoms with Crippen molar-refractivity contribution in [1.29, 1.82) is 0 Å². The van der Waals surface area contributed by atoms with Crippen LogP contribution in [0.15, 0.2) is 46.0 Å². The highest BCUT2D eigenvalue weighted by Gasteiger charge is 2.26. The van der Waals surface area contributed by atoms with E-state index in [0.717, 1.165) is 5.56 Å². The standard InChI is InChI=1S/C20H23N4O7P/c1-3-30-32(29,31-4-2)16-7-5-13(6-8-16)11-21-12-14-9-15(24(27)28)10-17-18(14)23-20(26)19(25)22-17/h5-10,21H,3-4,11-12H2,1-2H3,(H,22,25)(H,23,26). The lowest BCUT2D eigenvalue weighted by Gasteiger charge is -2.17. The van der Waals surface area contributed by atoms with E-state index in [1.165, 1.54) is 12.1 Å². The van der Waals surface area contributed by atoms with Crippen LogP contribution in [0.25, 0.3) is 11.0 Å². The number of H-pyrrole nitrogens is 2. The summed E-state index contributed by atoms with van der Waals surface area (Å²) < 4.78 is 23.5. The summed E-state index contributed by atoms with van der Waals surface area (Å²) in [5, 5.41) is 14.8. The predicted molar refractivity (Wildman–Crippen MR) is 119 cm³/mol. The predicted octanol–water partition coefficient (Wildman–Crippen LogP) is 2.31. The van der Waals surface area contributed by atoms with E-state index in [1.54, 1.807) is 38.1 Å². The van der Waals surface area contributed by atoms with Crippen LogP contribution in [0.4, 0.5) is 5.69 Å². The van der Waals surface area contributed by atoms with Gasteiger partial charge in [-0.05, 0) is 37.1 Å². The summed E-state index contributed by atoms with van der Waals surface area (Å²) in [5.74, 6) is 0. The second kappa shape index (κ2) is 10.0. The first-order valence-corrected chi connectivity index (χ1v) is 11.4. The Morgan fingerprint density at radius 3 is 2.22 bits per heavy atom. The highest BCUT2D eigenvalue weighted by atomic mass is 31.2. The Hall–Kier alpha value is -3.11. The van der Waals surface area contributed by atoms with E-state index in [0.29, 0.717) is 22.9 Å². The number of fused-ring (bicyclic) bond motifs is 1. The highest BCUT2D eigenvalue weighted by Crippen LogP contribution is 2.46. The zero-order valence-electron chi connectivity index (χ0n) is 17.5. The largest absolute Gasteiger partial charge is 0.361 e. The minimum Gasteiger partial charge on any atom is -0.316 e. The summed E-state index contributed by atoms with van der Waals surface area (Å²) >= 11 is 0. The number of benzene rings is 2. The van der Waals surface area contributed by atoms with Crippen LogP contribution in [-0.4, -0.2) is 28.1 Å². The number of non-ortho nitro benzene ring substituents is 1. The van der Waals surface area contributed by atoms with Gasteiger partial charge < -0.3 is 24.3 Å². The Morgan fingerprint density at radius 1 is 1.00 bits per heavy atom. The van der Waals surface area contributed by atoms with Gasteiger partial charge in [-0.1, -0.05) is 12.1 Å². The zero-order chi connectivity index (χ0) is 23.3. The number of nitrogens with one attached hydrogen (secondary N) is 3. The van der Waals surface area contributed by atoms with Gasteiger partial charge in [0, 0.05) is 25.2 Å². The number of nitro groups is 1. The fourth-order valence-corrected chi connectivity index (χ4v) is 4.76. The summed E-state index contributed by atoms with van der Waals surface area (Å²) in [6, 6.07) is 9.44. The minimum atomic E-state index is -3.36. The van der Waals surface area contributed by atoms with Crippen LogP contribution >= 0.6 is 7.60 Å². The van der Waals surface area contributed by atoms with E-state index in [2.05, 4.69) is 15.3 Å². The molecular formula is C20H23N4O7P. The molecule has 0 atom stereocenters. The number of hydrogen-bond donors (Lipinski definition) is 3. The zero-order valence-corrected chi connectivity index (χ0v) is 18.4. The smallest absolute Gasteiger partial charge is 0.316 e. The molecule has 0 saturated heterocycles. The van der Waals surface area contributed by atoms with Crippen molar-refractivity contribution in [2.75, 3.05) is 13.2 Å². The molecule has 0 radical (unpaired) electrons. The Morgan fingerprint density at radius 2 is 1.62 bits per heavy atom. The number of rotatable bonds is 10. The lowest BCUT2D eigenvalue weighted by atomic mass is 10.1. The van der Waals surface area contributed by atoms with E-state index in [4.69, 9.17) is 9.05 Å². The maximum atomic E-state index is 12.8. The van der Waals surface area contributed by atoms with E-state index in [9.17, 15) is 24.3 Å². The molecular weight excluding hydrogens is 439 g/mol. The maximum absolute atomic E-state index is 12.8. The second-order valence-corrected chi connectivity index (χ2v) is 8.82. The molecule has 1 heterocycles. The average Bonchev–Trinajstić information content (AvgIpc) is 2.75. The fraction of sp³-hybridized carbons (Fsp3) is 0.300. The van der Waals surface area contributed by atoms with Gasteiger partial charge in [-0.3, -0.25) is 24.3 Å². The topological polar surface area (TPSA) is 156 Å². The van der Waals surface area contributed by atoms with Crippen LogP contribution in [0.2, 0.25) is 0 Å². The van der Waals surface area contributed by atoms with Crippen molar-refractivity contribution < 1.29 is 18.5 Å². The van der Waals surface area contributed by atoms with E-state index in [-0.39, 0.29) is 31.0 Å². The van der Waals surface area contributed by atoms with Gasteiger partial charge in [0.25, 0.3) is 5.69 Å². The quantitative estimate of drug-likeness (QED) is 0.179. The van der Waals surface area contributed by atoms with Gasteiger partial charge in [0.15, 0.2) is 0 Å². The molecule has 32 heavy (non-hydrogen) atoms. The van der Waals surface area contributed by atoms with Crippen molar-refractivity contribution in [3.63, 3.8) is 0 Å². The molecule has 11 nitrogen and oxygen atoms in total. The molecule has 3 aromatic rings. The summed E-state index contributed by atoms with van der Waals surface area (Å²) in [4.78, 5) is 38.8. The average molecular weight is 462 g/mol. The molecule has 0 amide bonds. The second-order valence-electron chi connectivity index (χ2n) is 6.80. The molecule has 0 fully saturated rings. The number of aromatic amines is 2. The SMILES string of the molecule is CCOP(=O)(OCC)c1ccc(CNCc2cc([N+](=O)[O-])cc3[nH]c(=O)c(=O)[nH]c23)cc1. The maximum Gasteiger partial charge on any atom is 0.361 e. The van der Waals surface area contributed by atoms with Gasteiger partial charge in [-0.2, -0.15) is 0 Å². The Balaban J connectivity index is 1.78. The Bertz CT molecular complexity index is 1270. The van der Waals surface area contributed by atoms with Gasteiger partial charge in [0.2, 0.25) is 0 Å². The molecule has 0 spiro atoms. The van der Waals surface area contributed by atoms with Crippen LogP contribution in [0.3, 0.4) is 0 Å². The molecule has 0 aliphatic carbocycles. The third-order valence-electron chi connectivity index (χ3n) is 4.60. The first kappa shape index (κ1) is 23.6. The number of nitro benzene ring substituents is 1. The molecule has 0 aliphatic heterocycles. The molecule has 0 unspecified atom stereocenters. The van der Waals surface area contributed by atoms with Crippen molar-refractivity contribution in [1.82, 2.24) is 15.3 Å².